The molecule has 0 unspecified atom stereocenters. The average Bonchev–Trinajstić information content (AvgIpc) is 2.78. The molecule has 0 aromatic heterocycles. The molecule has 2 N–H and O–H groups in total. The molecule has 0 saturated carbocycles. The predicted molar refractivity (Wildman–Crippen MR) is 125 cm³/mol. The van der Waals surface area contributed by atoms with E-state index in [4.69, 9.17) is 19.9 Å². The highest BCUT2D eigenvalue weighted by molar-refractivity contribution is 7.89. The molecular weight excluding hydrogens is 463 g/mol. The molecule has 186 valence electrons. The van der Waals surface area contributed by atoms with Crippen LogP contribution in [-0.4, -0.2) is 52.5 Å². The lowest BCUT2D eigenvalue weighted by Gasteiger charge is -2.38. The molecule has 1 heterocycles. The first-order valence-corrected chi connectivity index (χ1v) is 12.5. The molecule has 1 saturated heterocycles. The van der Waals surface area contributed by atoms with Crippen LogP contribution in [0.15, 0.2) is 41.3 Å². The Labute approximate surface area is 199 Å². The van der Waals surface area contributed by atoms with Crippen LogP contribution in [0.2, 0.25) is 0 Å². The van der Waals surface area contributed by atoms with Crippen molar-refractivity contribution in [1.29, 1.82) is 0 Å². The van der Waals surface area contributed by atoms with E-state index in [0.717, 1.165) is 24.8 Å². The summed E-state index contributed by atoms with van der Waals surface area (Å²) < 4.78 is 56.9. The summed E-state index contributed by atoms with van der Waals surface area (Å²) in [6, 6.07) is 9.36. The van der Waals surface area contributed by atoms with Gasteiger partial charge in [0.25, 0.3) is 0 Å². The molecule has 0 aliphatic carbocycles. The number of nitrogens with zero attached hydrogens (tertiary/aromatic N) is 1. The first-order valence-electron chi connectivity index (χ1n) is 11.1. The van der Waals surface area contributed by atoms with Crippen LogP contribution in [-0.2, 0) is 32.6 Å². The minimum atomic E-state index is -3.58. The topological polar surface area (TPSA) is 108 Å². The maximum atomic E-state index is 14.1. The first kappa shape index (κ1) is 25.9. The van der Waals surface area contributed by atoms with Crippen LogP contribution < -0.4 is 15.2 Å². The van der Waals surface area contributed by atoms with E-state index in [0.29, 0.717) is 36.6 Å². The van der Waals surface area contributed by atoms with Crippen molar-refractivity contribution in [3.63, 3.8) is 0 Å². The van der Waals surface area contributed by atoms with Crippen molar-refractivity contribution in [3.05, 3.63) is 53.3 Å². The number of hydrogen-bond acceptors (Lipinski definition) is 6. The Balaban J connectivity index is 1.44. The van der Waals surface area contributed by atoms with Crippen molar-refractivity contribution in [1.82, 2.24) is 4.31 Å². The Morgan fingerprint density at radius 1 is 1.09 bits per heavy atom. The molecule has 1 aliphatic heterocycles. The molecule has 0 bridgehead atoms. The van der Waals surface area contributed by atoms with Crippen molar-refractivity contribution < 1.29 is 31.8 Å². The van der Waals surface area contributed by atoms with Crippen molar-refractivity contribution in [3.8, 4) is 11.5 Å². The van der Waals surface area contributed by atoms with Gasteiger partial charge in [-0.25, -0.2) is 12.8 Å². The number of methoxy groups -OCH3 is 2. The molecule has 0 radical (unpaired) electrons. The maximum Gasteiger partial charge on any atom is 0.243 e. The van der Waals surface area contributed by atoms with Gasteiger partial charge in [-0.3, -0.25) is 4.79 Å². The third-order valence-electron chi connectivity index (χ3n) is 5.85. The van der Waals surface area contributed by atoms with Gasteiger partial charge in [-0.05, 0) is 54.5 Å². The van der Waals surface area contributed by atoms with Crippen LogP contribution in [0.4, 0.5) is 4.39 Å². The molecule has 34 heavy (non-hydrogen) atoms. The largest absolute Gasteiger partial charge is 0.493 e. The lowest BCUT2D eigenvalue weighted by Crippen LogP contribution is -2.49. The molecule has 0 spiro atoms. The van der Waals surface area contributed by atoms with Crippen LogP contribution in [0.3, 0.4) is 0 Å². The van der Waals surface area contributed by atoms with Gasteiger partial charge in [0.2, 0.25) is 15.9 Å². The minimum absolute atomic E-state index is 0.174. The quantitative estimate of drug-likeness (QED) is 0.429. The Bertz CT molecular complexity index is 1100. The Hall–Kier alpha value is -2.69. The van der Waals surface area contributed by atoms with E-state index < -0.39 is 15.9 Å². The number of ether oxygens (including phenoxy) is 3. The van der Waals surface area contributed by atoms with E-state index in [2.05, 4.69) is 0 Å². The van der Waals surface area contributed by atoms with E-state index in [1.54, 1.807) is 18.2 Å². The van der Waals surface area contributed by atoms with E-state index in [1.165, 1.54) is 36.7 Å². The number of halogens is 1. The standard InChI is InChI=1S/C24H31FN2O6S/c1-31-22-10-8-20(12-23(22)32-2)34(29,30)27-13-18(14-27)5-3-4-6-19-11-17(7-9-21(19)25)15-33-16-24(26)28/h7-12,18H,3-6,13-16H2,1-2H3,(H2,26,28). The fourth-order valence-electron chi connectivity index (χ4n) is 3.95. The van der Waals surface area contributed by atoms with Gasteiger partial charge in [0.1, 0.15) is 12.4 Å². The number of unbranched alkanes of at least 4 members (excludes halogenated alkanes) is 1. The van der Waals surface area contributed by atoms with Crippen molar-refractivity contribution in [2.75, 3.05) is 33.9 Å². The molecule has 3 rings (SSSR count). The van der Waals surface area contributed by atoms with Crippen LogP contribution >= 0.6 is 0 Å². The summed E-state index contributed by atoms with van der Waals surface area (Å²) in [5.74, 6) is 0.315. The number of amides is 1. The smallest absolute Gasteiger partial charge is 0.243 e. The number of sulfonamides is 1. The summed E-state index contributed by atoms with van der Waals surface area (Å²) >= 11 is 0. The van der Waals surface area contributed by atoms with Crippen molar-refractivity contribution in [2.45, 2.75) is 37.2 Å². The normalized spacial score (nSPS) is 14.6. The summed E-state index contributed by atoms with van der Waals surface area (Å²) in [6.07, 6.45) is 3.12. The molecule has 8 nitrogen and oxygen atoms in total. The van der Waals surface area contributed by atoms with Gasteiger partial charge in [-0.1, -0.05) is 18.6 Å². The molecule has 0 atom stereocenters. The molecule has 1 amide bonds. The zero-order chi connectivity index (χ0) is 24.7. The molecule has 1 fully saturated rings. The van der Waals surface area contributed by atoms with Gasteiger partial charge in [0, 0.05) is 19.2 Å². The lowest BCUT2D eigenvalue weighted by atomic mass is 9.95. The van der Waals surface area contributed by atoms with Crippen molar-refractivity contribution in [2.24, 2.45) is 11.7 Å². The van der Waals surface area contributed by atoms with Gasteiger partial charge in [0.05, 0.1) is 25.7 Å². The van der Waals surface area contributed by atoms with Gasteiger partial charge in [-0.15, -0.1) is 0 Å². The SMILES string of the molecule is COc1ccc(S(=O)(=O)N2CC(CCCCc3cc(COCC(N)=O)ccc3F)C2)cc1OC. The molecule has 2 aromatic rings. The second-order valence-electron chi connectivity index (χ2n) is 8.34. The van der Waals surface area contributed by atoms with E-state index in [-0.39, 0.29) is 29.8 Å². The summed E-state index contributed by atoms with van der Waals surface area (Å²) in [5.41, 5.74) is 6.43. The number of rotatable bonds is 13. The fraction of sp³-hybridized carbons (Fsp3) is 0.458. The Morgan fingerprint density at radius 3 is 2.50 bits per heavy atom. The Kier molecular flexibility index (Phi) is 8.87. The highest BCUT2D eigenvalue weighted by Gasteiger charge is 2.36. The molecule has 10 heteroatoms. The molecule has 2 aromatic carbocycles. The molecular formula is C24H31FN2O6S. The maximum absolute atomic E-state index is 14.1. The fourth-order valence-corrected chi connectivity index (χ4v) is 5.56. The predicted octanol–water partition coefficient (Wildman–Crippen LogP) is 2.88. The van der Waals surface area contributed by atoms with Gasteiger partial charge in [-0.2, -0.15) is 4.31 Å². The molecule has 1 aliphatic rings. The zero-order valence-electron chi connectivity index (χ0n) is 19.5. The number of benzene rings is 2. The Morgan fingerprint density at radius 2 is 1.82 bits per heavy atom. The van der Waals surface area contributed by atoms with Crippen LogP contribution in [0.25, 0.3) is 0 Å². The number of hydrogen-bond donors (Lipinski definition) is 1. The highest BCUT2D eigenvalue weighted by Crippen LogP contribution is 2.33. The average molecular weight is 495 g/mol. The number of primary amides is 1. The second-order valence-corrected chi connectivity index (χ2v) is 10.3. The van der Waals surface area contributed by atoms with Crippen LogP contribution in [0, 0.1) is 11.7 Å². The summed E-state index contributed by atoms with van der Waals surface area (Å²) in [7, 11) is -0.618. The van der Waals surface area contributed by atoms with E-state index in [9.17, 15) is 17.6 Å². The van der Waals surface area contributed by atoms with Crippen molar-refractivity contribution >= 4 is 15.9 Å². The monoisotopic (exact) mass is 494 g/mol. The van der Waals surface area contributed by atoms with E-state index in [1.807, 2.05) is 0 Å². The lowest BCUT2D eigenvalue weighted by molar-refractivity contribution is -0.122. The highest BCUT2D eigenvalue weighted by atomic mass is 32.2. The van der Waals surface area contributed by atoms with Gasteiger partial charge >= 0.3 is 0 Å². The summed E-state index contributed by atoms with van der Waals surface area (Å²) in [4.78, 5) is 10.9. The van der Waals surface area contributed by atoms with E-state index >= 15 is 0 Å². The number of aryl methyl sites for hydroxylation is 1. The third kappa shape index (κ3) is 6.46. The van der Waals surface area contributed by atoms with Crippen LogP contribution in [0.5, 0.6) is 11.5 Å². The number of nitrogens with two attached hydrogens (primary N) is 1. The van der Waals surface area contributed by atoms with Crippen LogP contribution in [0.1, 0.15) is 30.4 Å². The summed E-state index contributed by atoms with van der Waals surface area (Å²) in [5, 5.41) is 0. The third-order valence-corrected chi connectivity index (χ3v) is 7.68. The minimum Gasteiger partial charge on any atom is -0.493 e. The summed E-state index contributed by atoms with van der Waals surface area (Å²) in [6.45, 7) is 0.963. The number of carbonyl (C=O) groups is 1. The zero-order valence-corrected chi connectivity index (χ0v) is 20.3. The second kappa shape index (κ2) is 11.6. The van der Waals surface area contributed by atoms with Gasteiger partial charge in [0.15, 0.2) is 11.5 Å². The van der Waals surface area contributed by atoms with Gasteiger partial charge < -0.3 is 19.9 Å². The number of carbonyl (C=O) groups excluding carboxylic acids is 1. The first-order chi connectivity index (χ1) is 16.2.